The van der Waals surface area contributed by atoms with Crippen molar-refractivity contribution in [2.24, 2.45) is 0 Å². The first-order valence-electron chi connectivity index (χ1n) is 5.21. The van der Waals surface area contributed by atoms with Gasteiger partial charge in [0, 0.05) is 4.90 Å². The topological polar surface area (TPSA) is 17.1 Å². The van der Waals surface area contributed by atoms with Gasteiger partial charge in [-0.25, -0.2) is 4.21 Å². The summed E-state index contributed by atoms with van der Waals surface area (Å²) in [5, 5.41) is -1.62. The van der Waals surface area contributed by atoms with Crippen LogP contribution in [0.15, 0.2) is 39.9 Å². The zero-order valence-electron chi connectivity index (χ0n) is 9.84. The summed E-state index contributed by atoms with van der Waals surface area (Å²) in [6.07, 6.45) is -5.34. The maximum Gasteiger partial charge on any atom is 0.416 e. The number of benzene rings is 1. The highest BCUT2D eigenvalue weighted by Crippen LogP contribution is 2.33. The van der Waals surface area contributed by atoms with Crippen LogP contribution in [0.25, 0.3) is 0 Å². The summed E-state index contributed by atoms with van der Waals surface area (Å²) in [5.41, 5.74) is -0.520. The molecule has 0 N–H and O–H groups in total. The van der Waals surface area contributed by atoms with Crippen molar-refractivity contribution >= 4 is 10.8 Å². The fourth-order valence-electron chi connectivity index (χ4n) is 1.33. The Morgan fingerprint density at radius 1 is 1.22 bits per heavy atom. The van der Waals surface area contributed by atoms with Crippen molar-refractivity contribution in [3.05, 3.63) is 40.6 Å². The van der Waals surface area contributed by atoms with Crippen molar-refractivity contribution in [1.82, 2.24) is 0 Å². The van der Waals surface area contributed by atoms with E-state index >= 15 is 0 Å². The lowest BCUT2D eigenvalue weighted by Crippen LogP contribution is -2.14. The van der Waals surface area contributed by atoms with Crippen LogP contribution in [0, 0.1) is 6.92 Å². The van der Waals surface area contributed by atoms with Crippen molar-refractivity contribution in [1.29, 1.82) is 0 Å². The SMILES string of the molecule is CC/C(=C(/F)S(=O)c1ccc(C)cc1)C(F)(F)F. The molecule has 0 aliphatic rings. The molecule has 0 bridgehead atoms. The van der Waals surface area contributed by atoms with E-state index in [-0.39, 0.29) is 4.90 Å². The molecule has 0 aliphatic carbocycles. The predicted molar refractivity (Wildman–Crippen MR) is 62.1 cm³/mol. The van der Waals surface area contributed by atoms with E-state index < -0.39 is 34.1 Å². The molecule has 0 saturated carbocycles. The Bertz CT molecular complexity index is 474. The number of aryl methyl sites for hydroxylation is 1. The molecule has 0 aromatic heterocycles. The highest BCUT2D eigenvalue weighted by molar-refractivity contribution is 7.88. The van der Waals surface area contributed by atoms with Gasteiger partial charge in [0.1, 0.15) is 10.8 Å². The number of rotatable bonds is 3. The Labute approximate surface area is 105 Å². The van der Waals surface area contributed by atoms with Crippen LogP contribution in [0.2, 0.25) is 0 Å². The third-order valence-electron chi connectivity index (χ3n) is 2.33. The highest BCUT2D eigenvalue weighted by atomic mass is 32.2. The van der Waals surface area contributed by atoms with E-state index in [4.69, 9.17) is 0 Å². The molecule has 0 heterocycles. The molecule has 1 unspecified atom stereocenters. The third kappa shape index (κ3) is 3.41. The van der Waals surface area contributed by atoms with Gasteiger partial charge in [-0.05, 0) is 25.5 Å². The smallest absolute Gasteiger partial charge is 0.247 e. The second kappa shape index (κ2) is 5.65. The lowest BCUT2D eigenvalue weighted by atomic mass is 10.2. The Morgan fingerprint density at radius 2 is 1.72 bits per heavy atom. The Hall–Kier alpha value is -1.17. The molecule has 6 heteroatoms. The van der Waals surface area contributed by atoms with E-state index in [1.165, 1.54) is 19.1 Å². The average Bonchev–Trinajstić information content (AvgIpc) is 2.28. The molecule has 1 rings (SSSR count). The molecule has 0 aliphatic heterocycles. The summed E-state index contributed by atoms with van der Waals surface area (Å²) < 4.78 is 62.7. The predicted octanol–water partition coefficient (Wildman–Crippen LogP) is 4.26. The molecule has 18 heavy (non-hydrogen) atoms. The fourth-order valence-corrected chi connectivity index (χ4v) is 2.40. The van der Waals surface area contributed by atoms with E-state index in [0.717, 1.165) is 5.56 Å². The first kappa shape index (κ1) is 14.9. The molecule has 0 saturated heterocycles. The number of halogens is 4. The van der Waals surface area contributed by atoms with Gasteiger partial charge in [-0.15, -0.1) is 0 Å². The standard InChI is InChI=1S/C12H12F4OS/c1-3-10(12(14,15)16)11(13)18(17)9-6-4-8(2)5-7-9/h4-7H,3H2,1-2H3/b11-10+. The molecule has 0 amide bonds. The molecule has 0 radical (unpaired) electrons. The largest absolute Gasteiger partial charge is 0.416 e. The van der Waals surface area contributed by atoms with Gasteiger partial charge >= 0.3 is 6.18 Å². The molecule has 1 aromatic rings. The minimum atomic E-state index is -4.79. The molecular formula is C12H12F4OS. The number of hydrogen-bond donors (Lipinski definition) is 0. The summed E-state index contributed by atoms with van der Waals surface area (Å²) in [7, 11) is -2.42. The summed E-state index contributed by atoms with van der Waals surface area (Å²) in [5.74, 6) is 0. The van der Waals surface area contributed by atoms with E-state index in [1.807, 2.05) is 0 Å². The van der Waals surface area contributed by atoms with Crippen molar-refractivity contribution in [2.75, 3.05) is 0 Å². The lowest BCUT2D eigenvalue weighted by molar-refractivity contribution is -0.0948. The van der Waals surface area contributed by atoms with E-state index in [9.17, 15) is 21.8 Å². The van der Waals surface area contributed by atoms with Crippen molar-refractivity contribution in [3.8, 4) is 0 Å². The first-order chi connectivity index (χ1) is 8.27. The summed E-state index contributed by atoms with van der Waals surface area (Å²) in [4.78, 5) is 0.0216. The van der Waals surface area contributed by atoms with Crippen LogP contribution in [-0.2, 0) is 10.8 Å². The van der Waals surface area contributed by atoms with Crippen LogP contribution >= 0.6 is 0 Å². The van der Waals surface area contributed by atoms with Gasteiger partial charge in [-0.2, -0.15) is 17.6 Å². The molecule has 0 fully saturated rings. The van der Waals surface area contributed by atoms with Gasteiger partial charge in [-0.1, -0.05) is 24.6 Å². The quantitative estimate of drug-likeness (QED) is 0.756. The summed E-state index contributed by atoms with van der Waals surface area (Å²) >= 11 is 0. The van der Waals surface area contributed by atoms with Crippen molar-refractivity contribution < 1.29 is 21.8 Å². The van der Waals surface area contributed by atoms with Crippen molar-refractivity contribution in [3.63, 3.8) is 0 Å². The normalized spacial score (nSPS) is 15.2. The minimum absolute atomic E-state index is 0.0216. The van der Waals surface area contributed by atoms with Crippen molar-refractivity contribution in [2.45, 2.75) is 31.3 Å². The Kier molecular flexibility index (Phi) is 4.67. The second-order valence-electron chi connectivity index (χ2n) is 3.69. The van der Waals surface area contributed by atoms with Crippen LogP contribution in [0.3, 0.4) is 0 Å². The minimum Gasteiger partial charge on any atom is -0.247 e. The molecule has 0 spiro atoms. The second-order valence-corrected chi connectivity index (χ2v) is 5.05. The highest BCUT2D eigenvalue weighted by Gasteiger charge is 2.37. The monoisotopic (exact) mass is 280 g/mol. The van der Waals surface area contributed by atoms with Gasteiger partial charge < -0.3 is 0 Å². The maximum absolute atomic E-state index is 13.6. The zero-order chi connectivity index (χ0) is 13.9. The van der Waals surface area contributed by atoms with Gasteiger partial charge in [-0.3, -0.25) is 0 Å². The van der Waals surface area contributed by atoms with Crippen LogP contribution in [-0.4, -0.2) is 10.4 Å². The average molecular weight is 280 g/mol. The van der Waals surface area contributed by atoms with E-state index in [0.29, 0.717) is 0 Å². The van der Waals surface area contributed by atoms with Crippen LogP contribution in [0.1, 0.15) is 18.9 Å². The van der Waals surface area contributed by atoms with Gasteiger partial charge in [0.15, 0.2) is 5.16 Å². The fraction of sp³-hybridized carbons (Fsp3) is 0.333. The Balaban J connectivity index is 3.17. The Morgan fingerprint density at radius 3 is 2.11 bits per heavy atom. The van der Waals surface area contributed by atoms with Gasteiger partial charge in [0.05, 0.1) is 5.57 Å². The number of allylic oxidation sites excluding steroid dienone is 1. The molecular weight excluding hydrogens is 268 g/mol. The van der Waals surface area contributed by atoms with Gasteiger partial charge in [0.2, 0.25) is 0 Å². The molecule has 1 aromatic carbocycles. The van der Waals surface area contributed by atoms with E-state index in [1.54, 1.807) is 19.1 Å². The molecule has 1 atom stereocenters. The zero-order valence-corrected chi connectivity index (χ0v) is 10.7. The van der Waals surface area contributed by atoms with Crippen LogP contribution < -0.4 is 0 Å². The van der Waals surface area contributed by atoms with Gasteiger partial charge in [0.25, 0.3) is 0 Å². The maximum atomic E-state index is 13.6. The lowest BCUT2D eigenvalue weighted by Gasteiger charge is -2.11. The summed E-state index contributed by atoms with van der Waals surface area (Å²) in [6, 6.07) is 5.85. The summed E-state index contributed by atoms with van der Waals surface area (Å²) in [6.45, 7) is 2.95. The van der Waals surface area contributed by atoms with Crippen LogP contribution in [0.5, 0.6) is 0 Å². The van der Waals surface area contributed by atoms with E-state index in [2.05, 4.69) is 0 Å². The first-order valence-corrected chi connectivity index (χ1v) is 6.36. The van der Waals surface area contributed by atoms with Crippen LogP contribution in [0.4, 0.5) is 17.6 Å². The number of hydrogen-bond acceptors (Lipinski definition) is 1. The third-order valence-corrected chi connectivity index (χ3v) is 3.60. The molecule has 1 nitrogen and oxygen atoms in total. The number of alkyl halides is 3. The molecule has 100 valence electrons.